The minimum Gasteiger partial charge on any atom is -0.495 e. The highest BCUT2D eigenvalue weighted by Crippen LogP contribution is 2.30. The van der Waals surface area contributed by atoms with E-state index >= 15 is 0 Å². The van der Waals surface area contributed by atoms with E-state index < -0.39 is 15.9 Å². The van der Waals surface area contributed by atoms with Crippen molar-refractivity contribution >= 4 is 27.4 Å². The van der Waals surface area contributed by atoms with Gasteiger partial charge < -0.3 is 15.0 Å². The molecule has 0 unspecified atom stereocenters. The lowest BCUT2D eigenvalue weighted by Crippen LogP contribution is -2.32. The van der Waals surface area contributed by atoms with E-state index in [2.05, 4.69) is 15.2 Å². The predicted octanol–water partition coefficient (Wildman–Crippen LogP) is 3.90. The van der Waals surface area contributed by atoms with E-state index in [1.54, 1.807) is 12.3 Å². The molecule has 0 saturated carbocycles. The number of anilines is 2. The highest BCUT2D eigenvalue weighted by molar-refractivity contribution is 7.89. The predicted molar refractivity (Wildman–Crippen MR) is 128 cm³/mol. The number of nitrogens with zero attached hydrogens (tertiary/aromatic N) is 3. The zero-order chi connectivity index (χ0) is 23.3. The van der Waals surface area contributed by atoms with Crippen LogP contribution in [0.5, 0.6) is 5.75 Å². The van der Waals surface area contributed by atoms with Gasteiger partial charge in [0.15, 0.2) is 0 Å². The van der Waals surface area contributed by atoms with Crippen molar-refractivity contribution in [3.63, 3.8) is 0 Å². The van der Waals surface area contributed by atoms with Gasteiger partial charge in [0, 0.05) is 31.7 Å². The van der Waals surface area contributed by atoms with Gasteiger partial charge in [0.05, 0.1) is 19.0 Å². The Morgan fingerprint density at radius 2 is 1.61 bits per heavy atom. The SMILES string of the molecule is COc1ccc(C(=O)Nc2ccc(N3CCCCC3)nc2)cc1S(=O)(=O)N1CCCCCC1. The molecule has 1 amide bonds. The third-order valence-corrected chi connectivity index (χ3v) is 8.21. The monoisotopic (exact) mass is 472 g/mol. The molecule has 33 heavy (non-hydrogen) atoms. The molecule has 0 atom stereocenters. The quantitative estimate of drug-likeness (QED) is 0.686. The van der Waals surface area contributed by atoms with E-state index in [1.165, 1.54) is 42.8 Å². The average Bonchev–Trinajstić information content (AvgIpc) is 3.15. The van der Waals surface area contributed by atoms with Gasteiger partial charge in [-0.3, -0.25) is 4.79 Å². The van der Waals surface area contributed by atoms with Crippen molar-refractivity contribution in [1.82, 2.24) is 9.29 Å². The van der Waals surface area contributed by atoms with Crippen LogP contribution in [0.4, 0.5) is 11.5 Å². The van der Waals surface area contributed by atoms with Gasteiger partial charge in [-0.15, -0.1) is 0 Å². The first-order valence-electron chi connectivity index (χ1n) is 11.7. The highest BCUT2D eigenvalue weighted by atomic mass is 32.2. The minimum atomic E-state index is -3.76. The summed E-state index contributed by atoms with van der Waals surface area (Å²) in [6.07, 6.45) is 8.94. The lowest BCUT2D eigenvalue weighted by atomic mass is 10.1. The summed E-state index contributed by atoms with van der Waals surface area (Å²) >= 11 is 0. The lowest BCUT2D eigenvalue weighted by Gasteiger charge is -2.27. The van der Waals surface area contributed by atoms with Crippen LogP contribution >= 0.6 is 0 Å². The van der Waals surface area contributed by atoms with E-state index in [0.29, 0.717) is 18.8 Å². The second-order valence-electron chi connectivity index (χ2n) is 8.59. The average molecular weight is 473 g/mol. The Morgan fingerprint density at radius 3 is 2.24 bits per heavy atom. The van der Waals surface area contributed by atoms with E-state index in [0.717, 1.165) is 44.6 Å². The Hall–Kier alpha value is -2.65. The number of methoxy groups -OCH3 is 1. The molecule has 2 fully saturated rings. The van der Waals surface area contributed by atoms with Gasteiger partial charge >= 0.3 is 0 Å². The number of hydrogen-bond acceptors (Lipinski definition) is 6. The van der Waals surface area contributed by atoms with Crippen LogP contribution < -0.4 is 15.0 Å². The van der Waals surface area contributed by atoms with Gasteiger partial charge in [0.2, 0.25) is 10.0 Å². The molecule has 178 valence electrons. The van der Waals surface area contributed by atoms with Crippen LogP contribution in [0.1, 0.15) is 55.3 Å². The van der Waals surface area contributed by atoms with Crippen molar-refractivity contribution in [2.45, 2.75) is 49.8 Å². The second kappa shape index (κ2) is 10.5. The number of rotatable bonds is 6. The summed E-state index contributed by atoms with van der Waals surface area (Å²) in [4.78, 5) is 19.7. The standard InChI is InChI=1S/C24H32N4O4S/c1-32-21-11-9-19(17-22(21)33(30,31)28-15-7-2-3-8-16-28)24(29)26-20-10-12-23(25-18-20)27-13-5-4-6-14-27/h9-12,17-18H,2-8,13-16H2,1H3,(H,26,29). The van der Waals surface area contributed by atoms with Crippen LogP contribution in [0.3, 0.4) is 0 Å². The van der Waals surface area contributed by atoms with E-state index in [1.807, 2.05) is 12.1 Å². The van der Waals surface area contributed by atoms with Crippen molar-refractivity contribution in [3.05, 3.63) is 42.1 Å². The maximum absolute atomic E-state index is 13.3. The Kier molecular flexibility index (Phi) is 7.49. The number of sulfonamides is 1. The Bertz CT molecular complexity index is 1060. The molecule has 0 bridgehead atoms. The molecule has 3 heterocycles. The van der Waals surface area contributed by atoms with Crippen molar-refractivity contribution in [2.75, 3.05) is 43.5 Å². The van der Waals surface area contributed by atoms with E-state index in [4.69, 9.17) is 4.74 Å². The second-order valence-corrected chi connectivity index (χ2v) is 10.5. The minimum absolute atomic E-state index is 0.0260. The van der Waals surface area contributed by atoms with Crippen molar-refractivity contribution in [1.29, 1.82) is 0 Å². The first-order valence-corrected chi connectivity index (χ1v) is 13.1. The lowest BCUT2D eigenvalue weighted by molar-refractivity contribution is 0.102. The topological polar surface area (TPSA) is 91.8 Å². The molecule has 4 rings (SSSR count). The molecule has 8 nitrogen and oxygen atoms in total. The van der Waals surface area contributed by atoms with Crippen LogP contribution in [-0.2, 0) is 10.0 Å². The van der Waals surface area contributed by atoms with Gasteiger partial charge in [-0.25, -0.2) is 13.4 Å². The number of pyridine rings is 1. The highest BCUT2D eigenvalue weighted by Gasteiger charge is 2.29. The van der Waals surface area contributed by atoms with Crippen LogP contribution in [0.15, 0.2) is 41.4 Å². The molecular formula is C24H32N4O4S. The van der Waals surface area contributed by atoms with Crippen LogP contribution in [0.2, 0.25) is 0 Å². The van der Waals surface area contributed by atoms with Gasteiger partial charge in [0.1, 0.15) is 16.5 Å². The fraction of sp³-hybridized carbons (Fsp3) is 0.500. The number of hydrogen-bond donors (Lipinski definition) is 1. The molecule has 2 aromatic rings. The number of ether oxygens (including phenoxy) is 1. The van der Waals surface area contributed by atoms with Gasteiger partial charge in [-0.05, 0) is 62.4 Å². The summed E-state index contributed by atoms with van der Waals surface area (Å²) < 4.78 is 33.5. The summed E-state index contributed by atoms with van der Waals surface area (Å²) in [5.41, 5.74) is 0.817. The smallest absolute Gasteiger partial charge is 0.255 e. The molecule has 2 aliphatic heterocycles. The summed E-state index contributed by atoms with van der Waals surface area (Å²) in [6.45, 7) is 2.96. The fourth-order valence-corrected chi connectivity index (χ4v) is 6.11. The van der Waals surface area contributed by atoms with Crippen molar-refractivity contribution in [3.8, 4) is 5.75 Å². The molecule has 1 aromatic heterocycles. The number of carbonyl (C=O) groups excluding carboxylic acids is 1. The molecule has 2 saturated heterocycles. The van der Waals surface area contributed by atoms with Crippen LogP contribution in [-0.4, -0.2) is 56.9 Å². The summed E-state index contributed by atoms with van der Waals surface area (Å²) in [5, 5.41) is 2.82. The Morgan fingerprint density at radius 1 is 0.939 bits per heavy atom. The fourth-order valence-electron chi connectivity index (χ4n) is 4.41. The van der Waals surface area contributed by atoms with Gasteiger partial charge in [0.25, 0.3) is 5.91 Å². The third kappa shape index (κ3) is 5.47. The summed E-state index contributed by atoms with van der Waals surface area (Å²) in [5.74, 6) is 0.754. The number of aromatic nitrogens is 1. The molecule has 1 N–H and O–H groups in total. The number of carbonyl (C=O) groups is 1. The number of benzene rings is 1. The maximum Gasteiger partial charge on any atom is 0.255 e. The molecule has 0 spiro atoms. The number of piperidine rings is 1. The van der Waals surface area contributed by atoms with Crippen molar-refractivity contribution in [2.24, 2.45) is 0 Å². The van der Waals surface area contributed by atoms with Crippen LogP contribution in [0.25, 0.3) is 0 Å². The molecular weight excluding hydrogens is 440 g/mol. The number of nitrogens with one attached hydrogen (secondary N) is 1. The van der Waals surface area contributed by atoms with E-state index in [9.17, 15) is 13.2 Å². The molecule has 2 aliphatic rings. The number of amides is 1. The molecule has 0 aliphatic carbocycles. The Labute approximate surface area is 196 Å². The van der Waals surface area contributed by atoms with Crippen LogP contribution in [0, 0.1) is 0 Å². The van der Waals surface area contributed by atoms with Crippen molar-refractivity contribution < 1.29 is 17.9 Å². The summed E-state index contributed by atoms with van der Waals surface area (Å²) in [6, 6.07) is 8.25. The van der Waals surface area contributed by atoms with E-state index in [-0.39, 0.29) is 16.2 Å². The third-order valence-electron chi connectivity index (χ3n) is 6.29. The first-order chi connectivity index (χ1) is 16.0. The largest absolute Gasteiger partial charge is 0.495 e. The Balaban J connectivity index is 1.52. The first kappa shape index (κ1) is 23.5. The zero-order valence-corrected chi connectivity index (χ0v) is 19.9. The molecule has 9 heteroatoms. The summed E-state index contributed by atoms with van der Waals surface area (Å²) in [7, 11) is -2.33. The zero-order valence-electron chi connectivity index (χ0n) is 19.1. The molecule has 0 radical (unpaired) electrons. The maximum atomic E-state index is 13.3. The van der Waals surface area contributed by atoms with Gasteiger partial charge in [-0.1, -0.05) is 12.8 Å². The normalized spacial score (nSPS) is 17.9. The molecule has 1 aromatic carbocycles. The van der Waals surface area contributed by atoms with Gasteiger partial charge in [-0.2, -0.15) is 4.31 Å².